The Balaban J connectivity index is 2.01. The van der Waals surface area contributed by atoms with Crippen molar-refractivity contribution in [3.05, 3.63) is 60.4 Å². The van der Waals surface area contributed by atoms with Gasteiger partial charge in [-0.3, -0.25) is 4.98 Å². The summed E-state index contributed by atoms with van der Waals surface area (Å²) in [6, 6.07) is 15.4. The summed E-state index contributed by atoms with van der Waals surface area (Å²) >= 11 is 0. The van der Waals surface area contributed by atoms with Crippen LogP contribution in [0, 0.1) is 11.3 Å². The number of pyridine rings is 1. The Morgan fingerprint density at radius 3 is 2.65 bits per heavy atom. The zero-order chi connectivity index (χ0) is 11.9. The number of nitriles is 1. The minimum absolute atomic E-state index is 0.288. The summed E-state index contributed by atoms with van der Waals surface area (Å²) in [7, 11) is 0. The van der Waals surface area contributed by atoms with Gasteiger partial charge in [0.05, 0.1) is 6.07 Å². The van der Waals surface area contributed by atoms with E-state index < -0.39 is 0 Å². The van der Waals surface area contributed by atoms with Crippen LogP contribution in [0.3, 0.4) is 0 Å². The van der Waals surface area contributed by atoms with E-state index in [1.807, 2.05) is 42.5 Å². The summed E-state index contributed by atoms with van der Waals surface area (Å²) in [5.41, 5.74) is 0.880. The molecule has 0 aliphatic carbocycles. The first-order valence-electron chi connectivity index (χ1n) is 5.37. The smallest absolute Gasteiger partial charge is 0.119 e. The monoisotopic (exact) mass is 224 g/mol. The molecule has 0 saturated carbocycles. The van der Waals surface area contributed by atoms with Crippen molar-refractivity contribution in [1.29, 1.82) is 5.26 Å². The maximum Gasteiger partial charge on any atom is 0.119 e. The van der Waals surface area contributed by atoms with E-state index >= 15 is 0 Å². The minimum Gasteiger partial charge on any atom is -0.492 e. The minimum atomic E-state index is -0.288. The lowest BCUT2D eigenvalue weighted by molar-refractivity contribution is 0.308. The molecule has 3 nitrogen and oxygen atoms in total. The summed E-state index contributed by atoms with van der Waals surface area (Å²) in [6.45, 7) is 0.339. The molecule has 0 bridgehead atoms. The highest BCUT2D eigenvalue weighted by Gasteiger charge is 2.11. The number of benzene rings is 1. The number of hydrogen-bond donors (Lipinski definition) is 0. The van der Waals surface area contributed by atoms with Crippen LogP contribution >= 0.6 is 0 Å². The number of nitrogens with zero attached hydrogens (tertiary/aromatic N) is 2. The molecule has 1 unspecified atom stereocenters. The molecule has 0 amide bonds. The summed E-state index contributed by atoms with van der Waals surface area (Å²) in [5, 5.41) is 9.10. The predicted octanol–water partition coefficient (Wildman–Crippen LogP) is 2.77. The topological polar surface area (TPSA) is 45.9 Å². The Morgan fingerprint density at radius 2 is 2.00 bits per heavy atom. The van der Waals surface area contributed by atoms with Crippen molar-refractivity contribution in [2.24, 2.45) is 0 Å². The van der Waals surface area contributed by atoms with Gasteiger partial charge in [0.25, 0.3) is 0 Å². The molecule has 3 heteroatoms. The maximum atomic E-state index is 9.10. The van der Waals surface area contributed by atoms with Crippen LogP contribution in [0.4, 0.5) is 0 Å². The van der Waals surface area contributed by atoms with Gasteiger partial charge in [0.1, 0.15) is 18.3 Å². The van der Waals surface area contributed by atoms with Crippen LogP contribution in [0.15, 0.2) is 54.9 Å². The van der Waals surface area contributed by atoms with Crippen LogP contribution in [0.5, 0.6) is 5.75 Å². The molecule has 0 fully saturated rings. The molecule has 0 saturated heterocycles. The molecular formula is C14H12N2O. The van der Waals surface area contributed by atoms with E-state index in [1.54, 1.807) is 12.4 Å². The van der Waals surface area contributed by atoms with E-state index in [9.17, 15) is 0 Å². The van der Waals surface area contributed by atoms with Gasteiger partial charge in [0.2, 0.25) is 0 Å². The second-order valence-corrected chi connectivity index (χ2v) is 3.59. The van der Waals surface area contributed by atoms with Crippen LogP contribution in [0.2, 0.25) is 0 Å². The van der Waals surface area contributed by atoms with E-state index in [0.29, 0.717) is 6.61 Å². The molecule has 0 spiro atoms. The van der Waals surface area contributed by atoms with Crippen molar-refractivity contribution < 1.29 is 4.74 Å². The quantitative estimate of drug-likeness (QED) is 0.802. The van der Waals surface area contributed by atoms with Crippen LogP contribution in [0.1, 0.15) is 11.5 Å². The average Bonchev–Trinajstić information content (AvgIpc) is 2.42. The Labute approximate surface area is 100 Å². The van der Waals surface area contributed by atoms with Crippen molar-refractivity contribution in [2.75, 3.05) is 6.61 Å². The third-order valence-electron chi connectivity index (χ3n) is 2.40. The van der Waals surface area contributed by atoms with E-state index in [-0.39, 0.29) is 5.92 Å². The molecule has 0 aliphatic rings. The van der Waals surface area contributed by atoms with Crippen LogP contribution in [0.25, 0.3) is 0 Å². The highest BCUT2D eigenvalue weighted by atomic mass is 16.5. The van der Waals surface area contributed by atoms with Crippen molar-refractivity contribution >= 4 is 0 Å². The molecule has 1 aromatic carbocycles. The van der Waals surface area contributed by atoms with Gasteiger partial charge in [-0.1, -0.05) is 24.3 Å². The van der Waals surface area contributed by atoms with E-state index in [0.717, 1.165) is 11.3 Å². The third-order valence-corrected chi connectivity index (χ3v) is 2.40. The van der Waals surface area contributed by atoms with E-state index in [1.165, 1.54) is 0 Å². The summed E-state index contributed by atoms with van der Waals surface area (Å²) in [6.07, 6.45) is 3.39. The molecule has 2 aromatic rings. The average molecular weight is 224 g/mol. The normalized spacial score (nSPS) is 11.5. The lowest BCUT2D eigenvalue weighted by atomic mass is 10.0. The van der Waals surface area contributed by atoms with Gasteiger partial charge in [0.15, 0.2) is 0 Å². The van der Waals surface area contributed by atoms with Crippen molar-refractivity contribution in [2.45, 2.75) is 5.92 Å². The highest BCUT2D eigenvalue weighted by molar-refractivity contribution is 5.24. The van der Waals surface area contributed by atoms with Crippen molar-refractivity contribution in [3.63, 3.8) is 0 Å². The zero-order valence-corrected chi connectivity index (χ0v) is 9.28. The fraction of sp³-hybridized carbons (Fsp3) is 0.143. The van der Waals surface area contributed by atoms with Crippen LogP contribution in [-0.2, 0) is 0 Å². The van der Waals surface area contributed by atoms with Crippen LogP contribution < -0.4 is 4.74 Å². The lowest BCUT2D eigenvalue weighted by Gasteiger charge is -2.10. The second kappa shape index (κ2) is 5.66. The molecule has 1 aromatic heterocycles. The number of hydrogen-bond acceptors (Lipinski definition) is 3. The van der Waals surface area contributed by atoms with E-state index in [4.69, 9.17) is 10.00 Å². The summed E-state index contributed by atoms with van der Waals surface area (Å²) in [5.74, 6) is 0.487. The summed E-state index contributed by atoms with van der Waals surface area (Å²) < 4.78 is 5.56. The van der Waals surface area contributed by atoms with Gasteiger partial charge in [-0.15, -0.1) is 0 Å². The first-order chi connectivity index (χ1) is 8.40. The van der Waals surface area contributed by atoms with Gasteiger partial charge in [0, 0.05) is 12.4 Å². The van der Waals surface area contributed by atoms with Crippen molar-refractivity contribution in [3.8, 4) is 11.8 Å². The Hall–Kier alpha value is -2.34. The van der Waals surface area contributed by atoms with Gasteiger partial charge >= 0.3 is 0 Å². The Bertz CT molecular complexity index is 491. The maximum absolute atomic E-state index is 9.10. The number of rotatable bonds is 4. The molecule has 2 rings (SSSR count). The van der Waals surface area contributed by atoms with E-state index in [2.05, 4.69) is 11.1 Å². The van der Waals surface area contributed by atoms with Gasteiger partial charge < -0.3 is 4.74 Å². The highest BCUT2D eigenvalue weighted by Crippen LogP contribution is 2.16. The van der Waals surface area contributed by atoms with Gasteiger partial charge in [-0.05, 0) is 23.8 Å². The standard InChI is InChI=1S/C14H12N2O/c15-9-13(12-5-4-8-16-10-12)11-17-14-6-2-1-3-7-14/h1-8,10,13H,11H2. The molecule has 0 radical (unpaired) electrons. The first kappa shape index (κ1) is 11.2. The van der Waals surface area contributed by atoms with Crippen molar-refractivity contribution in [1.82, 2.24) is 4.98 Å². The predicted molar refractivity (Wildman–Crippen MR) is 64.5 cm³/mol. The molecule has 1 heterocycles. The van der Waals surface area contributed by atoms with Gasteiger partial charge in [-0.25, -0.2) is 0 Å². The molecule has 0 aliphatic heterocycles. The molecule has 84 valence electrons. The number of para-hydroxylation sites is 1. The first-order valence-corrected chi connectivity index (χ1v) is 5.37. The Kier molecular flexibility index (Phi) is 3.72. The molecule has 1 atom stereocenters. The zero-order valence-electron chi connectivity index (χ0n) is 9.28. The molecule has 0 N–H and O–H groups in total. The second-order valence-electron chi connectivity index (χ2n) is 3.59. The molecular weight excluding hydrogens is 212 g/mol. The lowest BCUT2D eigenvalue weighted by Crippen LogP contribution is -2.08. The fourth-order valence-corrected chi connectivity index (χ4v) is 1.49. The fourth-order valence-electron chi connectivity index (χ4n) is 1.49. The Morgan fingerprint density at radius 1 is 1.18 bits per heavy atom. The van der Waals surface area contributed by atoms with Crippen LogP contribution in [-0.4, -0.2) is 11.6 Å². The van der Waals surface area contributed by atoms with Gasteiger partial charge in [-0.2, -0.15) is 5.26 Å². The molecule has 17 heavy (non-hydrogen) atoms. The largest absolute Gasteiger partial charge is 0.492 e. The summed E-state index contributed by atoms with van der Waals surface area (Å²) in [4.78, 5) is 4.00. The SMILES string of the molecule is N#CC(COc1ccccc1)c1cccnc1. The number of aromatic nitrogens is 1. The third kappa shape index (κ3) is 3.05. The number of ether oxygens (including phenoxy) is 1.